The fourth-order valence-corrected chi connectivity index (χ4v) is 1.83. The molecule has 1 amide bonds. The van der Waals surface area contributed by atoms with Gasteiger partial charge in [-0.2, -0.15) is 26.3 Å². The molecule has 0 saturated carbocycles. The Morgan fingerprint density at radius 1 is 1.17 bits per heavy atom. The third-order valence-electron chi connectivity index (χ3n) is 2.21. The monoisotopic (exact) mass is 343 g/mol. The lowest BCUT2D eigenvalue weighted by Gasteiger charge is -2.24. The van der Waals surface area contributed by atoms with Crippen molar-refractivity contribution in [3.63, 3.8) is 0 Å². The van der Waals surface area contributed by atoms with Gasteiger partial charge in [0.15, 0.2) is 0 Å². The summed E-state index contributed by atoms with van der Waals surface area (Å²) in [5.74, 6) is -6.03. The minimum atomic E-state index is -5.64. The summed E-state index contributed by atoms with van der Waals surface area (Å²) in [5, 5.41) is 2.14. The molecule has 1 atom stereocenters. The van der Waals surface area contributed by atoms with Gasteiger partial charge in [-0.15, -0.1) is 0 Å². The van der Waals surface area contributed by atoms with Gasteiger partial charge in [0.2, 0.25) is 11.8 Å². The van der Waals surface area contributed by atoms with Crippen LogP contribution >= 0.6 is 15.9 Å². The molecule has 0 rings (SSSR count). The van der Waals surface area contributed by atoms with E-state index in [0.29, 0.717) is 5.33 Å². The van der Waals surface area contributed by atoms with Gasteiger partial charge in [0.1, 0.15) is 0 Å². The summed E-state index contributed by atoms with van der Waals surface area (Å²) in [7, 11) is 0. The molecule has 18 heavy (non-hydrogen) atoms. The lowest BCUT2D eigenvalue weighted by atomic mass is 10.1. The second kappa shape index (κ2) is 6.63. The standard InChI is InChI=1S/C9H12BrF6NO/c1-2-5(3-4-10)17-7(18)6(8(11,12)13)9(14,15)16/h5-6H,2-4H2,1H3,(H,17,18). The summed E-state index contributed by atoms with van der Waals surface area (Å²) in [6, 6.07) is -0.718. The van der Waals surface area contributed by atoms with Crippen LogP contribution in [0.5, 0.6) is 0 Å². The molecule has 0 aliphatic carbocycles. The summed E-state index contributed by atoms with van der Waals surface area (Å²) in [6.07, 6.45) is -10.8. The van der Waals surface area contributed by atoms with Crippen LogP contribution in [0, 0.1) is 5.92 Å². The van der Waals surface area contributed by atoms with Crippen molar-refractivity contribution in [1.82, 2.24) is 5.32 Å². The van der Waals surface area contributed by atoms with Crippen molar-refractivity contribution in [2.45, 2.75) is 38.2 Å². The molecule has 0 aromatic carbocycles. The van der Waals surface area contributed by atoms with Crippen molar-refractivity contribution in [2.24, 2.45) is 5.92 Å². The zero-order chi connectivity index (χ0) is 14.6. The van der Waals surface area contributed by atoms with Crippen LogP contribution in [0.1, 0.15) is 19.8 Å². The number of nitrogens with one attached hydrogen (secondary N) is 1. The molecule has 0 aromatic heterocycles. The van der Waals surface area contributed by atoms with Gasteiger partial charge < -0.3 is 5.32 Å². The predicted molar refractivity (Wildman–Crippen MR) is 56.2 cm³/mol. The van der Waals surface area contributed by atoms with Gasteiger partial charge in [-0.25, -0.2) is 0 Å². The summed E-state index contributed by atoms with van der Waals surface area (Å²) in [5.41, 5.74) is 0. The van der Waals surface area contributed by atoms with Crippen molar-refractivity contribution in [1.29, 1.82) is 0 Å². The van der Waals surface area contributed by atoms with E-state index >= 15 is 0 Å². The number of halogens is 7. The highest BCUT2D eigenvalue weighted by molar-refractivity contribution is 9.09. The number of carbonyl (C=O) groups excluding carboxylic acids is 1. The van der Waals surface area contributed by atoms with Gasteiger partial charge in [0, 0.05) is 11.4 Å². The molecule has 9 heteroatoms. The smallest absolute Gasteiger partial charge is 0.353 e. The van der Waals surface area contributed by atoms with Gasteiger partial charge in [0.25, 0.3) is 0 Å². The van der Waals surface area contributed by atoms with E-state index in [-0.39, 0.29) is 12.8 Å². The van der Waals surface area contributed by atoms with Gasteiger partial charge in [-0.1, -0.05) is 22.9 Å². The van der Waals surface area contributed by atoms with Gasteiger partial charge >= 0.3 is 12.4 Å². The van der Waals surface area contributed by atoms with E-state index in [2.05, 4.69) is 15.9 Å². The van der Waals surface area contributed by atoms with Crippen molar-refractivity contribution in [2.75, 3.05) is 5.33 Å². The molecule has 0 bridgehead atoms. The Balaban J connectivity index is 4.89. The highest BCUT2D eigenvalue weighted by Crippen LogP contribution is 2.39. The number of alkyl halides is 7. The fraction of sp³-hybridized carbons (Fsp3) is 0.889. The average Bonchev–Trinajstić information content (AvgIpc) is 2.11. The van der Waals surface area contributed by atoms with Crippen LogP contribution in [0.3, 0.4) is 0 Å². The van der Waals surface area contributed by atoms with Crippen LogP contribution < -0.4 is 5.32 Å². The fourth-order valence-electron chi connectivity index (χ4n) is 1.28. The molecule has 0 aromatic rings. The van der Waals surface area contributed by atoms with E-state index in [4.69, 9.17) is 0 Å². The van der Waals surface area contributed by atoms with Crippen molar-refractivity contribution in [3.8, 4) is 0 Å². The molecule has 0 aliphatic rings. The molecule has 0 fully saturated rings. The van der Waals surface area contributed by atoms with Crippen molar-refractivity contribution in [3.05, 3.63) is 0 Å². The lowest BCUT2D eigenvalue weighted by molar-refractivity contribution is -0.274. The maximum Gasteiger partial charge on any atom is 0.409 e. The summed E-state index contributed by atoms with van der Waals surface area (Å²) < 4.78 is 73.3. The number of amides is 1. The van der Waals surface area contributed by atoms with Crippen LogP contribution in [0.15, 0.2) is 0 Å². The Morgan fingerprint density at radius 2 is 1.61 bits per heavy atom. The maximum absolute atomic E-state index is 12.2. The molecule has 108 valence electrons. The second-order valence-corrected chi connectivity index (χ2v) is 4.40. The minimum Gasteiger partial charge on any atom is -0.353 e. The third kappa shape index (κ3) is 5.45. The highest BCUT2D eigenvalue weighted by atomic mass is 79.9. The molecule has 0 saturated heterocycles. The quantitative estimate of drug-likeness (QED) is 0.601. The highest BCUT2D eigenvalue weighted by Gasteiger charge is 2.61. The first-order chi connectivity index (χ1) is 8.04. The lowest BCUT2D eigenvalue weighted by Crippen LogP contribution is -2.50. The second-order valence-electron chi connectivity index (χ2n) is 3.61. The molecule has 0 radical (unpaired) electrons. The van der Waals surface area contributed by atoms with Crippen molar-refractivity contribution < 1.29 is 31.1 Å². The maximum atomic E-state index is 12.2. The first kappa shape index (κ1) is 17.5. The van der Waals surface area contributed by atoms with E-state index in [0.717, 1.165) is 0 Å². The number of rotatable bonds is 5. The van der Waals surface area contributed by atoms with E-state index in [1.165, 1.54) is 0 Å². The van der Waals surface area contributed by atoms with Gasteiger partial charge in [0.05, 0.1) is 0 Å². The molecule has 1 N–H and O–H groups in total. The molecule has 2 nitrogen and oxygen atoms in total. The number of hydrogen-bond acceptors (Lipinski definition) is 1. The molecule has 1 unspecified atom stereocenters. The summed E-state index contributed by atoms with van der Waals surface area (Å²) in [6.45, 7) is 1.56. The Labute approximate surface area is 108 Å². The Hall–Kier alpha value is -0.470. The van der Waals surface area contributed by atoms with Crippen LogP contribution in [0.2, 0.25) is 0 Å². The first-order valence-electron chi connectivity index (χ1n) is 5.03. The van der Waals surface area contributed by atoms with E-state index < -0.39 is 30.2 Å². The number of hydrogen-bond donors (Lipinski definition) is 1. The third-order valence-corrected chi connectivity index (χ3v) is 2.67. The molecule has 0 spiro atoms. The Kier molecular flexibility index (Phi) is 6.45. The van der Waals surface area contributed by atoms with Crippen LogP contribution in [0.4, 0.5) is 26.3 Å². The largest absolute Gasteiger partial charge is 0.409 e. The zero-order valence-electron chi connectivity index (χ0n) is 9.33. The SMILES string of the molecule is CCC(CCBr)NC(=O)C(C(F)(F)F)C(F)(F)F. The average molecular weight is 344 g/mol. The first-order valence-corrected chi connectivity index (χ1v) is 6.16. The molecule has 0 aliphatic heterocycles. The van der Waals surface area contributed by atoms with E-state index in [1.54, 1.807) is 12.2 Å². The number of carbonyl (C=O) groups is 1. The normalized spacial score (nSPS) is 14.7. The van der Waals surface area contributed by atoms with Crippen LogP contribution in [-0.4, -0.2) is 29.6 Å². The van der Waals surface area contributed by atoms with Crippen LogP contribution in [-0.2, 0) is 4.79 Å². The predicted octanol–water partition coefficient (Wildman–Crippen LogP) is 3.41. The zero-order valence-corrected chi connectivity index (χ0v) is 10.9. The molecular formula is C9H12BrF6NO. The Morgan fingerprint density at radius 3 is 1.89 bits per heavy atom. The Bertz CT molecular complexity index is 263. The summed E-state index contributed by atoms with van der Waals surface area (Å²) in [4.78, 5) is 11.1. The molecule has 0 heterocycles. The minimum absolute atomic E-state index is 0.250. The van der Waals surface area contributed by atoms with Gasteiger partial charge in [-0.05, 0) is 12.8 Å². The van der Waals surface area contributed by atoms with Crippen LogP contribution in [0.25, 0.3) is 0 Å². The topological polar surface area (TPSA) is 29.1 Å². The van der Waals surface area contributed by atoms with E-state index in [9.17, 15) is 31.1 Å². The van der Waals surface area contributed by atoms with Crippen molar-refractivity contribution >= 4 is 21.8 Å². The molecular weight excluding hydrogens is 332 g/mol. The summed E-state index contributed by atoms with van der Waals surface area (Å²) >= 11 is 3.00. The van der Waals surface area contributed by atoms with E-state index in [1.807, 2.05) is 0 Å². The van der Waals surface area contributed by atoms with Gasteiger partial charge in [-0.3, -0.25) is 4.79 Å².